The maximum Gasteiger partial charge on any atom is 0.374 e. The van der Waals surface area contributed by atoms with E-state index in [-0.39, 0.29) is 19.3 Å². The Morgan fingerprint density at radius 1 is 0.718 bits per heavy atom. The normalized spacial score (nSPS) is 14.4. The number of rotatable bonds is 21. The molecule has 1 saturated heterocycles. The summed E-state index contributed by atoms with van der Waals surface area (Å²) in [5.41, 5.74) is -0.801. The fraction of sp³-hybridized carbons (Fsp3) is 0.833. The first kappa shape index (κ1) is 34.6. The van der Waals surface area contributed by atoms with E-state index in [1.54, 1.807) is 20.8 Å². The molecule has 0 bridgehead atoms. The van der Waals surface area contributed by atoms with Gasteiger partial charge in [0.25, 0.3) is 11.8 Å². The summed E-state index contributed by atoms with van der Waals surface area (Å²) in [5, 5.41) is 0.368. The molecule has 1 atom stereocenters. The maximum atomic E-state index is 12.6. The molecular weight excluding hydrogens is 502 g/mol. The average molecular weight is 554 g/mol. The van der Waals surface area contributed by atoms with E-state index in [4.69, 9.17) is 14.3 Å². The molecule has 1 unspecified atom stereocenters. The molecule has 0 aromatic carbocycles. The third-order valence-corrected chi connectivity index (χ3v) is 6.48. The summed E-state index contributed by atoms with van der Waals surface area (Å²) in [4.78, 5) is 65.7. The lowest BCUT2D eigenvalue weighted by Crippen LogP contribution is -2.40. The van der Waals surface area contributed by atoms with Gasteiger partial charge in [0.05, 0.1) is 6.42 Å². The SMILES string of the molecule is CCCCCCCCCCCCCCCCCC(=O)OC(CC(=O)OC(C)(C)C)C(=O)ON1C(=O)CCC1=O. The molecule has 0 N–H and O–H groups in total. The maximum absolute atomic E-state index is 12.6. The van der Waals surface area contributed by atoms with Crippen LogP contribution in [0.15, 0.2) is 0 Å². The Bertz CT molecular complexity index is 757. The van der Waals surface area contributed by atoms with Crippen LogP contribution in [0.3, 0.4) is 0 Å². The zero-order valence-corrected chi connectivity index (χ0v) is 24.7. The molecule has 1 fully saturated rings. The first-order chi connectivity index (χ1) is 18.5. The number of amides is 2. The number of carbonyl (C=O) groups is 5. The minimum atomic E-state index is -1.61. The number of unbranched alkanes of at least 4 members (excludes halogenated alkanes) is 14. The third-order valence-electron chi connectivity index (χ3n) is 6.48. The summed E-state index contributed by atoms with van der Waals surface area (Å²) < 4.78 is 10.5. The molecule has 2 amide bonds. The van der Waals surface area contributed by atoms with Crippen molar-refractivity contribution < 1.29 is 38.3 Å². The molecule has 0 spiro atoms. The number of hydrogen-bond acceptors (Lipinski definition) is 8. The van der Waals surface area contributed by atoms with Gasteiger partial charge < -0.3 is 14.3 Å². The van der Waals surface area contributed by atoms with Crippen molar-refractivity contribution >= 4 is 29.7 Å². The zero-order chi connectivity index (χ0) is 29.1. The van der Waals surface area contributed by atoms with Crippen LogP contribution in [0.1, 0.15) is 150 Å². The van der Waals surface area contributed by atoms with E-state index in [9.17, 15) is 24.0 Å². The number of carbonyl (C=O) groups excluding carboxylic acids is 5. The second kappa shape index (κ2) is 19.6. The highest BCUT2D eigenvalue weighted by atomic mass is 16.7. The predicted octanol–water partition coefficient (Wildman–Crippen LogP) is 6.50. The van der Waals surface area contributed by atoms with E-state index < -0.39 is 47.8 Å². The number of hydrogen-bond donors (Lipinski definition) is 0. The van der Waals surface area contributed by atoms with Crippen molar-refractivity contribution in [2.24, 2.45) is 0 Å². The topological polar surface area (TPSA) is 116 Å². The van der Waals surface area contributed by atoms with E-state index in [0.29, 0.717) is 11.5 Å². The van der Waals surface area contributed by atoms with Crippen molar-refractivity contribution in [3.8, 4) is 0 Å². The van der Waals surface area contributed by atoms with Gasteiger partial charge in [-0.15, -0.1) is 5.06 Å². The first-order valence-electron chi connectivity index (χ1n) is 15.0. The summed E-state index contributed by atoms with van der Waals surface area (Å²) in [7, 11) is 0. The Labute approximate surface area is 234 Å². The Balaban J connectivity index is 2.28. The van der Waals surface area contributed by atoms with Gasteiger partial charge >= 0.3 is 17.9 Å². The highest BCUT2D eigenvalue weighted by molar-refractivity contribution is 6.02. The minimum absolute atomic E-state index is 0.0676. The van der Waals surface area contributed by atoms with Gasteiger partial charge in [-0.1, -0.05) is 96.8 Å². The Morgan fingerprint density at radius 2 is 1.15 bits per heavy atom. The van der Waals surface area contributed by atoms with Gasteiger partial charge in [-0.2, -0.15) is 0 Å². The van der Waals surface area contributed by atoms with Gasteiger partial charge in [-0.25, -0.2) is 4.79 Å². The second-order valence-corrected chi connectivity index (χ2v) is 11.5. The molecule has 1 aliphatic rings. The summed E-state index contributed by atoms with van der Waals surface area (Å²) in [6.45, 7) is 7.25. The number of esters is 2. The molecule has 0 radical (unpaired) electrons. The van der Waals surface area contributed by atoms with Crippen molar-refractivity contribution in [2.75, 3.05) is 0 Å². The van der Waals surface area contributed by atoms with E-state index in [1.807, 2.05) is 0 Å². The molecule has 1 heterocycles. The van der Waals surface area contributed by atoms with Crippen molar-refractivity contribution in [1.29, 1.82) is 0 Å². The summed E-state index contributed by atoms with van der Waals surface area (Å²) in [6.07, 6.45) is 15.9. The van der Waals surface area contributed by atoms with E-state index in [0.717, 1.165) is 19.3 Å². The van der Waals surface area contributed by atoms with Crippen molar-refractivity contribution in [3.05, 3.63) is 0 Å². The van der Waals surface area contributed by atoms with E-state index in [1.165, 1.54) is 70.6 Å². The molecule has 0 aliphatic carbocycles. The first-order valence-corrected chi connectivity index (χ1v) is 15.0. The lowest BCUT2D eigenvalue weighted by atomic mass is 10.0. The van der Waals surface area contributed by atoms with Gasteiger partial charge in [0.15, 0.2) is 0 Å². The fourth-order valence-electron chi connectivity index (χ4n) is 4.37. The van der Waals surface area contributed by atoms with Crippen LogP contribution in [-0.4, -0.2) is 46.5 Å². The molecule has 224 valence electrons. The van der Waals surface area contributed by atoms with Gasteiger partial charge in [0.1, 0.15) is 5.60 Å². The lowest BCUT2D eigenvalue weighted by molar-refractivity contribution is -0.207. The summed E-state index contributed by atoms with van der Waals surface area (Å²) in [6, 6.07) is 0. The molecule has 9 heteroatoms. The van der Waals surface area contributed by atoms with Crippen LogP contribution in [-0.2, 0) is 38.3 Å². The molecule has 1 aliphatic heterocycles. The highest BCUT2D eigenvalue weighted by Crippen LogP contribution is 2.18. The third kappa shape index (κ3) is 17.0. The van der Waals surface area contributed by atoms with Crippen LogP contribution < -0.4 is 0 Å². The molecule has 1 rings (SSSR count). The molecule has 9 nitrogen and oxygen atoms in total. The molecule has 0 saturated carbocycles. The van der Waals surface area contributed by atoms with Crippen LogP contribution in [0.4, 0.5) is 0 Å². The number of imide groups is 1. The van der Waals surface area contributed by atoms with Crippen LogP contribution in [0.25, 0.3) is 0 Å². The second-order valence-electron chi connectivity index (χ2n) is 11.5. The standard InChI is InChI=1S/C30H51NO8/c1-5-6-7-8-9-10-11-12-13-14-15-16-17-18-19-20-27(34)37-24(23-28(35)38-30(2,3)4)29(36)39-31-25(32)21-22-26(31)33/h24H,5-23H2,1-4H3. The molecule has 0 aromatic rings. The minimum Gasteiger partial charge on any atom is -0.460 e. The largest absolute Gasteiger partial charge is 0.460 e. The van der Waals surface area contributed by atoms with Crippen LogP contribution >= 0.6 is 0 Å². The van der Waals surface area contributed by atoms with E-state index >= 15 is 0 Å². The van der Waals surface area contributed by atoms with Gasteiger partial charge in [-0.05, 0) is 27.2 Å². The van der Waals surface area contributed by atoms with Crippen molar-refractivity contribution in [1.82, 2.24) is 5.06 Å². The molecular formula is C30H51NO8. The highest BCUT2D eigenvalue weighted by Gasteiger charge is 2.37. The van der Waals surface area contributed by atoms with Gasteiger partial charge in [0.2, 0.25) is 6.10 Å². The van der Waals surface area contributed by atoms with Gasteiger partial charge in [0, 0.05) is 19.3 Å². The predicted molar refractivity (Wildman–Crippen MR) is 147 cm³/mol. The van der Waals surface area contributed by atoms with Crippen molar-refractivity contribution in [2.45, 2.75) is 161 Å². The Hall–Kier alpha value is -2.45. The monoisotopic (exact) mass is 553 g/mol. The molecule has 39 heavy (non-hydrogen) atoms. The smallest absolute Gasteiger partial charge is 0.374 e. The van der Waals surface area contributed by atoms with Gasteiger partial charge in [-0.3, -0.25) is 19.2 Å². The lowest BCUT2D eigenvalue weighted by Gasteiger charge is -2.22. The summed E-state index contributed by atoms with van der Waals surface area (Å²) in [5.74, 6) is -3.88. The fourth-order valence-corrected chi connectivity index (χ4v) is 4.37. The zero-order valence-electron chi connectivity index (χ0n) is 24.7. The van der Waals surface area contributed by atoms with Crippen LogP contribution in [0, 0.1) is 0 Å². The van der Waals surface area contributed by atoms with Crippen LogP contribution in [0.2, 0.25) is 0 Å². The Kier molecular flexibility index (Phi) is 17.4. The number of nitrogens with zero attached hydrogens (tertiary/aromatic N) is 1. The van der Waals surface area contributed by atoms with Crippen molar-refractivity contribution in [3.63, 3.8) is 0 Å². The number of hydroxylamine groups is 2. The quantitative estimate of drug-likeness (QED) is 0.0898. The Morgan fingerprint density at radius 3 is 1.59 bits per heavy atom. The van der Waals surface area contributed by atoms with Crippen LogP contribution in [0.5, 0.6) is 0 Å². The number of ether oxygens (including phenoxy) is 2. The average Bonchev–Trinajstić information content (AvgIpc) is 3.16. The van der Waals surface area contributed by atoms with E-state index in [2.05, 4.69) is 6.92 Å². The molecule has 0 aromatic heterocycles. The summed E-state index contributed by atoms with van der Waals surface area (Å²) >= 11 is 0.